The Morgan fingerprint density at radius 1 is 1.09 bits per heavy atom. The number of nitrogens with one attached hydrogen (secondary N) is 1. The standard InChI is InChI=1S/C16H13N3O3S/c20-23(21)9-8-11-10-12(6-7-14(11)23)15-18-16(19-22-15)17-13-4-2-1-3-5-13/h1-7,10H,8-9H2,(H,17,19). The lowest BCUT2D eigenvalue weighted by Crippen LogP contribution is -1.98. The maximum Gasteiger partial charge on any atom is 0.268 e. The van der Waals surface area contributed by atoms with Crippen LogP contribution in [0, 0.1) is 0 Å². The van der Waals surface area contributed by atoms with E-state index >= 15 is 0 Å². The van der Waals surface area contributed by atoms with Gasteiger partial charge in [-0.3, -0.25) is 0 Å². The molecule has 4 rings (SSSR count). The van der Waals surface area contributed by atoms with Gasteiger partial charge in [0.15, 0.2) is 9.84 Å². The quantitative estimate of drug-likeness (QED) is 0.796. The minimum Gasteiger partial charge on any atom is -0.332 e. The van der Waals surface area contributed by atoms with Crippen LogP contribution in [0.1, 0.15) is 5.56 Å². The van der Waals surface area contributed by atoms with Crippen LogP contribution in [0.2, 0.25) is 0 Å². The Balaban J connectivity index is 1.63. The number of para-hydroxylation sites is 1. The molecular formula is C16H13N3O3S. The number of hydrogen-bond donors (Lipinski definition) is 1. The lowest BCUT2D eigenvalue weighted by Gasteiger charge is -2.00. The first-order valence-corrected chi connectivity index (χ1v) is 8.79. The molecule has 1 aliphatic heterocycles. The van der Waals surface area contributed by atoms with Gasteiger partial charge in [0.1, 0.15) is 0 Å². The first-order chi connectivity index (χ1) is 11.1. The second kappa shape index (κ2) is 5.20. The van der Waals surface area contributed by atoms with E-state index in [4.69, 9.17) is 4.52 Å². The van der Waals surface area contributed by atoms with Crippen molar-refractivity contribution in [2.45, 2.75) is 11.3 Å². The Kier molecular flexibility index (Phi) is 3.16. The molecular weight excluding hydrogens is 314 g/mol. The van der Waals surface area contributed by atoms with E-state index in [9.17, 15) is 8.42 Å². The highest BCUT2D eigenvalue weighted by molar-refractivity contribution is 7.91. The Bertz CT molecular complexity index is 965. The van der Waals surface area contributed by atoms with Crippen LogP contribution in [-0.2, 0) is 16.3 Å². The van der Waals surface area contributed by atoms with Crippen molar-refractivity contribution in [2.24, 2.45) is 0 Å². The fraction of sp³-hybridized carbons (Fsp3) is 0.125. The van der Waals surface area contributed by atoms with Crippen molar-refractivity contribution < 1.29 is 12.9 Å². The monoisotopic (exact) mass is 327 g/mol. The van der Waals surface area contributed by atoms with Gasteiger partial charge in [0.2, 0.25) is 0 Å². The van der Waals surface area contributed by atoms with Crippen LogP contribution in [0.15, 0.2) is 57.9 Å². The lowest BCUT2D eigenvalue weighted by atomic mass is 10.1. The molecule has 0 saturated heterocycles. The first-order valence-electron chi connectivity index (χ1n) is 7.14. The number of anilines is 2. The Labute approximate surface area is 133 Å². The summed E-state index contributed by atoms with van der Waals surface area (Å²) >= 11 is 0. The van der Waals surface area contributed by atoms with Gasteiger partial charge in [-0.2, -0.15) is 4.98 Å². The van der Waals surface area contributed by atoms with Crippen LogP contribution < -0.4 is 5.32 Å². The van der Waals surface area contributed by atoms with Gasteiger partial charge in [-0.15, -0.1) is 0 Å². The molecule has 2 heterocycles. The van der Waals surface area contributed by atoms with E-state index in [0.29, 0.717) is 23.2 Å². The third-order valence-corrected chi connectivity index (χ3v) is 5.55. The zero-order valence-electron chi connectivity index (χ0n) is 12.1. The molecule has 2 aromatic carbocycles. The van der Waals surface area contributed by atoms with Crippen LogP contribution in [-0.4, -0.2) is 24.3 Å². The van der Waals surface area contributed by atoms with Gasteiger partial charge in [-0.1, -0.05) is 18.2 Å². The molecule has 116 valence electrons. The van der Waals surface area contributed by atoms with Crippen LogP contribution >= 0.6 is 0 Å². The molecule has 1 N–H and O–H groups in total. The summed E-state index contributed by atoms with van der Waals surface area (Å²) in [4.78, 5) is 4.71. The van der Waals surface area contributed by atoms with Gasteiger partial charge in [-0.05, 0) is 47.5 Å². The number of benzene rings is 2. The average molecular weight is 327 g/mol. The molecule has 3 aromatic rings. The van der Waals surface area contributed by atoms with Crippen molar-refractivity contribution in [3.8, 4) is 11.5 Å². The number of aryl methyl sites for hydroxylation is 1. The molecule has 7 heteroatoms. The molecule has 23 heavy (non-hydrogen) atoms. The predicted octanol–water partition coefficient (Wildman–Crippen LogP) is 2.81. The largest absolute Gasteiger partial charge is 0.332 e. The molecule has 1 aliphatic rings. The van der Waals surface area contributed by atoms with Crippen LogP contribution in [0.5, 0.6) is 0 Å². The molecule has 0 spiro atoms. The van der Waals surface area contributed by atoms with Crippen molar-refractivity contribution >= 4 is 21.5 Å². The number of nitrogens with zero attached hydrogens (tertiary/aromatic N) is 2. The second-order valence-corrected chi connectivity index (χ2v) is 7.38. The summed E-state index contributed by atoms with van der Waals surface area (Å²) in [6, 6.07) is 14.6. The number of sulfone groups is 1. The van der Waals surface area contributed by atoms with Crippen LogP contribution in [0.3, 0.4) is 0 Å². The van der Waals surface area contributed by atoms with Gasteiger partial charge in [0.05, 0.1) is 10.6 Å². The Hall–Kier alpha value is -2.67. The van der Waals surface area contributed by atoms with Crippen molar-refractivity contribution in [3.05, 3.63) is 54.1 Å². The zero-order valence-corrected chi connectivity index (χ0v) is 12.9. The summed E-state index contributed by atoms with van der Waals surface area (Å²) in [5.74, 6) is 0.881. The highest BCUT2D eigenvalue weighted by Crippen LogP contribution is 2.30. The second-order valence-electron chi connectivity index (χ2n) is 5.31. The fourth-order valence-electron chi connectivity index (χ4n) is 2.61. The van der Waals surface area contributed by atoms with Gasteiger partial charge in [0.25, 0.3) is 11.8 Å². The molecule has 0 fully saturated rings. The van der Waals surface area contributed by atoms with Gasteiger partial charge in [-0.25, -0.2) is 8.42 Å². The molecule has 1 aromatic heterocycles. The number of aromatic nitrogens is 2. The van der Waals surface area contributed by atoms with E-state index < -0.39 is 9.84 Å². The van der Waals surface area contributed by atoms with Gasteiger partial charge >= 0.3 is 0 Å². The normalized spacial score (nSPS) is 15.3. The maximum atomic E-state index is 11.8. The van der Waals surface area contributed by atoms with E-state index in [2.05, 4.69) is 15.5 Å². The summed E-state index contributed by atoms with van der Waals surface area (Å²) in [6.45, 7) is 0. The average Bonchev–Trinajstić information content (AvgIpc) is 3.13. The van der Waals surface area contributed by atoms with E-state index in [-0.39, 0.29) is 5.75 Å². The molecule has 0 amide bonds. The van der Waals surface area contributed by atoms with Gasteiger partial charge < -0.3 is 9.84 Å². The minimum atomic E-state index is -3.12. The molecule has 0 aliphatic carbocycles. The lowest BCUT2D eigenvalue weighted by molar-refractivity contribution is 0.432. The molecule has 0 saturated carbocycles. The molecule has 0 atom stereocenters. The molecule has 0 radical (unpaired) electrons. The van der Waals surface area contributed by atoms with E-state index in [1.54, 1.807) is 18.2 Å². The zero-order chi connectivity index (χ0) is 15.9. The Morgan fingerprint density at radius 3 is 2.74 bits per heavy atom. The minimum absolute atomic E-state index is 0.163. The van der Waals surface area contributed by atoms with Crippen LogP contribution in [0.25, 0.3) is 11.5 Å². The van der Waals surface area contributed by atoms with E-state index in [1.165, 1.54) is 0 Å². The summed E-state index contributed by atoms with van der Waals surface area (Å²) in [5, 5.41) is 6.94. The summed E-state index contributed by atoms with van der Waals surface area (Å²) in [5.41, 5.74) is 2.38. The number of rotatable bonds is 3. The molecule has 0 bridgehead atoms. The van der Waals surface area contributed by atoms with Crippen molar-refractivity contribution in [1.82, 2.24) is 10.1 Å². The Morgan fingerprint density at radius 2 is 1.91 bits per heavy atom. The number of fused-ring (bicyclic) bond motifs is 1. The van der Waals surface area contributed by atoms with Crippen molar-refractivity contribution in [1.29, 1.82) is 0 Å². The van der Waals surface area contributed by atoms with Gasteiger partial charge in [0, 0.05) is 11.3 Å². The third kappa shape index (κ3) is 2.59. The number of hydrogen-bond acceptors (Lipinski definition) is 6. The topological polar surface area (TPSA) is 85.1 Å². The van der Waals surface area contributed by atoms with Crippen LogP contribution in [0.4, 0.5) is 11.6 Å². The summed E-state index contributed by atoms with van der Waals surface area (Å²) in [7, 11) is -3.12. The third-order valence-electron chi connectivity index (χ3n) is 3.74. The van der Waals surface area contributed by atoms with E-state index in [1.807, 2.05) is 30.3 Å². The highest BCUT2D eigenvalue weighted by atomic mass is 32.2. The SMILES string of the molecule is O=S1(=O)CCc2cc(-c3nc(Nc4ccccc4)no3)ccc21. The summed E-state index contributed by atoms with van der Waals surface area (Å²) < 4.78 is 29.0. The van der Waals surface area contributed by atoms with E-state index in [0.717, 1.165) is 16.8 Å². The fourth-order valence-corrected chi connectivity index (χ4v) is 4.15. The molecule has 6 nitrogen and oxygen atoms in total. The summed E-state index contributed by atoms with van der Waals surface area (Å²) in [6.07, 6.45) is 0.523. The van der Waals surface area contributed by atoms with Crippen molar-refractivity contribution in [2.75, 3.05) is 11.1 Å². The smallest absolute Gasteiger partial charge is 0.268 e. The van der Waals surface area contributed by atoms with Crippen molar-refractivity contribution in [3.63, 3.8) is 0 Å². The molecule has 0 unspecified atom stereocenters. The first kappa shape index (κ1) is 14.0. The maximum absolute atomic E-state index is 11.8. The highest BCUT2D eigenvalue weighted by Gasteiger charge is 2.26. The predicted molar refractivity (Wildman–Crippen MR) is 85.2 cm³/mol.